The Kier molecular flexibility index (Phi) is 7.46. The van der Waals surface area contributed by atoms with Gasteiger partial charge in [-0.25, -0.2) is 0 Å². The van der Waals surface area contributed by atoms with E-state index in [2.05, 4.69) is 16.2 Å². The molecular formula is C23H23ClN4O4. The summed E-state index contributed by atoms with van der Waals surface area (Å²) in [6, 6.07) is 12.7. The predicted octanol–water partition coefficient (Wildman–Crippen LogP) is 4.62. The van der Waals surface area contributed by atoms with Crippen molar-refractivity contribution in [2.75, 3.05) is 13.6 Å². The van der Waals surface area contributed by atoms with Crippen LogP contribution in [0.25, 0.3) is 22.8 Å². The number of carboxylic acid groups (broad SMARTS) is 1. The molecule has 0 aliphatic carbocycles. The minimum atomic E-state index is -0.831. The average Bonchev–Trinajstić information content (AvgIpc) is 3.22. The van der Waals surface area contributed by atoms with Crippen LogP contribution in [0.4, 0.5) is 0 Å². The van der Waals surface area contributed by atoms with Crippen LogP contribution < -0.4 is 4.74 Å². The first-order valence-corrected chi connectivity index (χ1v) is 10.4. The molecule has 166 valence electrons. The zero-order valence-electron chi connectivity index (χ0n) is 18.0. The minimum Gasteiger partial charge on any atom is -0.490 e. The van der Waals surface area contributed by atoms with Crippen molar-refractivity contribution < 1.29 is 19.2 Å². The summed E-state index contributed by atoms with van der Waals surface area (Å²) in [5.41, 5.74) is 2.53. The third-order valence-electron chi connectivity index (χ3n) is 4.57. The Morgan fingerprint density at radius 3 is 2.75 bits per heavy atom. The first kappa shape index (κ1) is 23.3. The number of aliphatic carboxylic acids is 1. The Labute approximate surface area is 191 Å². The van der Waals surface area contributed by atoms with Crippen LogP contribution in [0, 0.1) is 11.3 Å². The molecule has 0 aliphatic rings. The molecule has 0 spiro atoms. The molecule has 2 aromatic carbocycles. The quantitative estimate of drug-likeness (QED) is 0.498. The normalized spacial score (nSPS) is 11.0. The maximum atomic E-state index is 10.7. The Bertz CT molecular complexity index is 1150. The van der Waals surface area contributed by atoms with Crippen molar-refractivity contribution in [3.63, 3.8) is 0 Å². The highest BCUT2D eigenvalue weighted by Crippen LogP contribution is 2.31. The van der Waals surface area contributed by atoms with Gasteiger partial charge in [0.15, 0.2) is 0 Å². The fourth-order valence-electron chi connectivity index (χ4n) is 3.07. The van der Waals surface area contributed by atoms with E-state index in [0.717, 1.165) is 5.56 Å². The SMILES string of the molecule is CC(C)Oc1ccc(-c2nc(-c3ccc(CN(C)CCC(=O)O)cc3Cl)no2)cc1C#N. The lowest BCUT2D eigenvalue weighted by Gasteiger charge is -2.15. The molecule has 32 heavy (non-hydrogen) atoms. The van der Waals surface area contributed by atoms with Crippen LogP contribution in [-0.2, 0) is 11.3 Å². The molecule has 1 aromatic heterocycles. The monoisotopic (exact) mass is 454 g/mol. The number of hydrogen-bond acceptors (Lipinski definition) is 7. The zero-order valence-corrected chi connectivity index (χ0v) is 18.8. The number of rotatable bonds is 9. The zero-order chi connectivity index (χ0) is 23.3. The lowest BCUT2D eigenvalue weighted by Crippen LogP contribution is -2.21. The van der Waals surface area contributed by atoms with Crippen molar-refractivity contribution in [2.45, 2.75) is 32.9 Å². The highest BCUT2D eigenvalue weighted by Gasteiger charge is 2.16. The lowest BCUT2D eigenvalue weighted by atomic mass is 10.1. The molecule has 1 N–H and O–H groups in total. The molecule has 8 nitrogen and oxygen atoms in total. The highest BCUT2D eigenvalue weighted by molar-refractivity contribution is 6.33. The van der Waals surface area contributed by atoms with E-state index in [1.165, 1.54) is 0 Å². The van der Waals surface area contributed by atoms with Gasteiger partial charge in [0.05, 0.1) is 23.1 Å². The number of hydrogen-bond donors (Lipinski definition) is 1. The summed E-state index contributed by atoms with van der Waals surface area (Å²) in [4.78, 5) is 17.1. The van der Waals surface area contributed by atoms with Crippen molar-refractivity contribution in [1.82, 2.24) is 15.0 Å². The Balaban J connectivity index is 1.78. The van der Waals surface area contributed by atoms with Gasteiger partial charge in [0.2, 0.25) is 5.82 Å². The summed E-state index contributed by atoms with van der Waals surface area (Å²) in [7, 11) is 1.85. The van der Waals surface area contributed by atoms with Gasteiger partial charge in [0.25, 0.3) is 5.89 Å². The first-order valence-electron chi connectivity index (χ1n) is 10.0. The van der Waals surface area contributed by atoms with E-state index < -0.39 is 5.97 Å². The summed E-state index contributed by atoms with van der Waals surface area (Å²) < 4.78 is 11.0. The van der Waals surface area contributed by atoms with Crippen LogP contribution in [0.3, 0.4) is 0 Å². The average molecular weight is 455 g/mol. The van der Waals surface area contributed by atoms with E-state index >= 15 is 0 Å². The van der Waals surface area contributed by atoms with Crippen LogP contribution in [-0.4, -0.2) is 45.8 Å². The highest BCUT2D eigenvalue weighted by atomic mass is 35.5. The molecule has 0 atom stereocenters. The lowest BCUT2D eigenvalue weighted by molar-refractivity contribution is -0.137. The van der Waals surface area contributed by atoms with Crippen molar-refractivity contribution in [1.29, 1.82) is 5.26 Å². The third-order valence-corrected chi connectivity index (χ3v) is 4.88. The summed E-state index contributed by atoms with van der Waals surface area (Å²) in [6.45, 7) is 4.78. The van der Waals surface area contributed by atoms with Crippen molar-refractivity contribution in [2.24, 2.45) is 0 Å². The van der Waals surface area contributed by atoms with Crippen LogP contribution in [0.5, 0.6) is 5.75 Å². The van der Waals surface area contributed by atoms with E-state index in [0.29, 0.717) is 46.4 Å². The second-order valence-corrected chi connectivity index (χ2v) is 8.02. The van der Waals surface area contributed by atoms with Crippen LogP contribution >= 0.6 is 11.6 Å². The van der Waals surface area contributed by atoms with Gasteiger partial charge in [0, 0.05) is 24.2 Å². The van der Waals surface area contributed by atoms with Crippen LogP contribution in [0.2, 0.25) is 5.02 Å². The first-order chi connectivity index (χ1) is 15.3. The predicted molar refractivity (Wildman–Crippen MR) is 119 cm³/mol. The van der Waals surface area contributed by atoms with E-state index in [1.807, 2.05) is 31.9 Å². The Morgan fingerprint density at radius 2 is 2.09 bits per heavy atom. The molecule has 0 radical (unpaired) electrons. The molecule has 0 saturated carbocycles. The maximum Gasteiger partial charge on any atom is 0.304 e. The second-order valence-electron chi connectivity index (χ2n) is 7.61. The van der Waals surface area contributed by atoms with Gasteiger partial charge in [-0.15, -0.1) is 0 Å². The van der Waals surface area contributed by atoms with E-state index in [-0.39, 0.29) is 18.4 Å². The minimum absolute atomic E-state index is 0.0509. The molecule has 0 aliphatic heterocycles. The number of ether oxygens (including phenoxy) is 1. The van der Waals surface area contributed by atoms with Crippen molar-refractivity contribution >= 4 is 17.6 Å². The number of benzene rings is 2. The molecule has 1 heterocycles. The molecule has 0 fully saturated rings. The van der Waals surface area contributed by atoms with Gasteiger partial charge < -0.3 is 19.3 Å². The van der Waals surface area contributed by atoms with Crippen molar-refractivity contribution in [3.05, 3.63) is 52.5 Å². The molecule has 3 aromatic rings. The third kappa shape index (κ3) is 5.84. The molecule has 9 heteroatoms. The van der Waals surface area contributed by atoms with Gasteiger partial charge in [-0.3, -0.25) is 4.79 Å². The van der Waals surface area contributed by atoms with E-state index in [4.69, 9.17) is 26.0 Å². The molecule has 0 unspecified atom stereocenters. The van der Waals surface area contributed by atoms with Gasteiger partial charge in [-0.05, 0) is 56.8 Å². The Morgan fingerprint density at radius 1 is 1.31 bits per heavy atom. The van der Waals surface area contributed by atoms with Gasteiger partial charge in [-0.2, -0.15) is 10.2 Å². The van der Waals surface area contributed by atoms with Gasteiger partial charge in [0.1, 0.15) is 11.8 Å². The maximum absolute atomic E-state index is 10.7. The largest absolute Gasteiger partial charge is 0.490 e. The fourth-order valence-corrected chi connectivity index (χ4v) is 3.36. The molecule has 3 rings (SSSR count). The standard InChI is InChI=1S/C23H23ClN4O4/c1-14(2)31-20-7-5-16(11-17(20)12-25)23-26-22(27-32-23)18-6-4-15(10-19(18)24)13-28(3)9-8-21(29)30/h4-7,10-11,14H,8-9,13H2,1-3H3,(H,29,30). The number of carbonyl (C=O) groups is 1. The van der Waals surface area contributed by atoms with Crippen LogP contribution in [0.15, 0.2) is 40.9 Å². The summed E-state index contributed by atoms with van der Waals surface area (Å²) in [5.74, 6) is 0.262. The summed E-state index contributed by atoms with van der Waals surface area (Å²) in [5, 5.41) is 22.7. The van der Waals surface area contributed by atoms with Crippen molar-refractivity contribution in [3.8, 4) is 34.7 Å². The number of nitrogens with zero attached hydrogens (tertiary/aromatic N) is 4. The molecule has 0 bridgehead atoms. The molecular weight excluding hydrogens is 432 g/mol. The van der Waals surface area contributed by atoms with Gasteiger partial charge >= 0.3 is 5.97 Å². The van der Waals surface area contributed by atoms with E-state index in [9.17, 15) is 10.1 Å². The second kappa shape index (κ2) is 10.3. The van der Waals surface area contributed by atoms with Crippen LogP contribution in [0.1, 0.15) is 31.4 Å². The van der Waals surface area contributed by atoms with E-state index in [1.54, 1.807) is 30.3 Å². The molecule has 0 amide bonds. The summed E-state index contributed by atoms with van der Waals surface area (Å²) in [6.07, 6.45) is 0.0245. The number of carboxylic acids is 1. The number of halogens is 1. The number of aromatic nitrogens is 2. The smallest absolute Gasteiger partial charge is 0.304 e. The topological polar surface area (TPSA) is 112 Å². The fraction of sp³-hybridized carbons (Fsp3) is 0.304. The summed E-state index contributed by atoms with van der Waals surface area (Å²) >= 11 is 6.45. The Hall–Kier alpha value is -3.41. The van der Waals surface area contributed by atoms with Gasteiger partial charge in [-0.1, -0.05) is 22.8 Å². The number of nitriles is 1. The molecule has 0 saturated heterocycles.